The van der Waals surface area contributed by atoms with Crippen molar-refractivity contribution in [1.29, 1.82) is 0 Å². The van der Waals surface area contributed by atoms with Crippen LogP contribution in [0.2, 0.25) is 5.02 Å². The van der Waals surface area contributed by atoms with E-state index in [0.717, 1.165) is 71.0 Å². The van der Waals surface area contributed by atoms with Crippen molar-refractivity contribution in [1.82, 2.24) is 9.88 Å². The van der Waals surface area contributed by atoms with Gasteiger partial charge in [-0.1, -0.05) is 11.6 Å². The average Bonchev–Trinajstić information content (AvgIpc) is 3.25. The van der Waals surface area contributed by atoms with Crippen LogP contribution in [-0.2, 0) is 11.2 Å². The van der Waals surface area contributed by atoms with Crippen LogP contribution in [0.4, 0.5) is 4.39 Å². The number of likely N-dealkylation sites (tertiary alicyclic amines) is 1. The maximum atomic E-state index is 13.1. The molecule has 34 heavy (non-hydrogen) atoms. The summed E-state index contributed by atoms with van der Waals surface area (Å²) in [4.78, 5) is 18.7. The molecule has 0 radical (unpaired) electrons. The van der Waals surface area contributed by atoms with Crippen molar-refractivity contribution >= 4 is 51.6 Å². The summed E-state index contributed by atoms with van der Waals surface area (Å²) in [6, 6.07) is 7.33. The molecule has 2 unspecified atom stereocenters. The molecule has 1 aromatic carbocycles. The van der Waals surface area contributed by atoms with Crippen molar-refractivity contribution in [2.75, 3.05) is 32.5 Å². The van der Waals surface area contributed by atoms with Crippen LogP contribution < -0.4 is 4.74 Å². The minimum Gasteiger partial charge on any atom is -0.497 e. The van der Waals surface area contributed by atoms with Crippen molar-refractivity contribution in [3.63, 3.8) is 0 Å². The van der Waals surface area contributed by atoms with Gasteiger partial charge in [-0.2, -0.15) is 0 Å². The number of nitrogens with zero attached hydrogens (tertiary/aromatic N) is 2. The van der Waals surface area contributed by atoms with Crippen LogP contribution in [0.15, 0.2) is 40.1 Å². The third-order valence-corrected chi connectivity index (χ3v) is 8.94. The predicted molar refractivity (Wildman–Crippen MR) is 137 cm³/mol. The Morgan fingerprint density at radius 3 is 3.00 bits per heavy atom. The highest BCUT2D eigenvalue weighted by Crippen LogP contribution is 2.33. The lowest BCUT2D eigenvalue weighted by Gasteiger charge is -2.36. The van der Waals surface area contributed by atoms with E-state index in [0.29, 0.717) is 11.6 Å². The molecule has 3 heterocycles. The largest absolute Gasteiger partial charge is 0.497 e. The molecule has 0 bridgehead atoms. The van der Waals surface area contributed by atoms with E-state index in [1.165, 1.54) is 16.7 Å². The Bertz CT molecular complexity index is 1140. The Kier molecular flexibility index (Phi) is 8.69. The number of rotatable bonds is 10. The molecule has 182 valence electrons. The number of ether oxygens (including phenoxy) is 1. The third-order valence-electron chi connectivity index (χ3n) is 6.49. The molecule has 4 rings (SSSR count). The highest BCUT2D eigenvalue weighted by Gasteiger charge is 2.33. The van der Waals surface area contributed by atoms with E-state index in [-0.39, 0.29) is 17.7 Å². The van der Waals surface area contributed by atoms with Gasteiger partial charge in [0, 0.05) is 35.8 Å². The summed E-state index contributed by atoms with van der Waals surface area (Å²) in [6.45, 7) is 2.26. The van der Waals surface area contributed by atoms with E-state index in [1.54, 1.807) is 31.1 Å². The summed E-state index contributed by atoms with van der Waals surface area (Å²) in [5, 5.41) is 13.0. The van der Waals surface area contributed by atoms with Crippen LogP contribution in [0, 0.1) is 17.7 Å². The summed E-state index contributed by atoms with van der Waals surface area (Å²) < 4.78 is 19.5. The van der Waals surface area contributed by atoms with E-state index in [9.17, 15) is 14.3 Å². The summed E-state index contributed by atoms with van der Waals surface area (Å²) >= 11 is 9.52. The smallest absolute Gasteiger partial charge is 0.308 e. The number of carboxylic acids is 1. The number of aryl methyl sites for hydroxylation is 1. The van der Waals surface area contributed by atoms with Gasteiger partial charge in [-0.25, -0.2) is 4.39 Å². The second-order valence-electron chi connectivity index (χ2n) is 8.59. The maximum Gasteiger partial charge on any atom is 0.308 e. The first-order chi connectivity index (χ1) is 16.4. The lowest BCUT2D eigenvalue weighted by Crippen LogP contribution is -2.44. The second kappa shape index (κ2) is 11.7. The van der Waals surface area contributed by atoms with Crippen molar-refractivity contribution in [2.24, 2.45) is 11.8 Å². The number of carbonyl (C=O) groups is 1. The van der Waals surface area contributed by atoms with Crippen LogP contribution in [0.1, 0.15) is 24.8 Å². The Labute approximate surface area is 212 Å². The van der Waals surface area contributed by atoms with E-state index >= 15 is 0 Å². The monoisotopic (exact) mass is 522 g/mol. The average molecular weight is 523 g/mol. The SMILES string of the molecule is COc1ccc2ncc(Cl)c(CCCC3CCN(CCSc4cc(F)cs4)CC3C(=O)O)c2c1. The number of aromatic nitrogens is 1. The van der Waals surface area contributed by atoms with Gasteiger partial charge in [0.2, 0.25) is 0 Å². The first-order valence-electron chi connectivity index (χ1n) is 11.4. The molecule has 2 atom stereocenters. The third kappa shape index (κ3) is 6.22. The van der Waals surface area contributed by atoms with E-state index in [2.05, 4.69) is 9.88 Å². The summed E-state index contributed by atoms with van der Waals surface area (Å²) in [5.41, 5.74) is 1.91. The fraction of sp³-hybridized carbons (Fsp3) is 0.440. The normalized spacial score (nSPS) is 18.9. The summed E-state index contributed by atoms with van der Waals surface area (Å²) in [7, 11) is 1.64. The minimum atomic E-state index is -0.722. The molecule has 1 aliphatic rings. The minimum absolute atomic E-state index is 0.147. The van der Waals surface area contributed by atoms with E-state index in [1.807, 2.05) is 18.2 Å². The molecule has 1 aliphatic heterocycles. The zero-order valence-corrected chi connectivity index (χ0v) is 21.4. The molecule has 1 saturated heterocycles. The van der Waals surface area contributed by atoms with Gasteiger partial charge in [-0.15, -0.1) is 23.1 Å². The molecule has 1 N–H and O–H groups in total. The molecule has 0 amide bonds. The van der Waals surface area contributed by atoms with Crippen LogP contribution in [0.3, 0.4) is 0 Å². The van der Waals surface area contributed by atoms with Gasteiger partial charge >= 0.3 is 5.97 Å². The number of carboxylic acid groups (broad SMARTS) is 1. The molecular weight excluding hydrogens is 495 g/mol. The number of hydrogen-bond acceptors (Lipinski definition) is 6. The quantitative estimate of drug-likeness (QED) is 0.318. The second-order valence-corrected chi connectivity index (χ2v) is 11.3. The van der Waals surface area contributed by atoms with Crippen molar-refractivity contribution < 1.29 is 19.0 Å². The summed E-state index contributed by atoms with van der Waals surface area (Å²) in [6.07, 6.45) is 5.04. The Balaban J connectivity index is 1.32. The number of thioether (sulfide) groups is 1. The number of aliphatic carboxylic acids is 1. The molecule has 5 nitrogen and oxygen atoms in total. The molecule has 2 aromatic heterocycles. The topological polar surface area (TPSA) is 62.7 Å². The zero-order valence-electron chi connectivity index (χ0n) is 19.0. The van der Waals surface area contributed by atoms with Gasteiger partial charge in [0.15, 0.2) is 0 Å². The van der Waals surface area contributed by atoms with Crippen LogP contribution in [0.5, 0.6) is 5.75 Å². The van der Waals surface area contributed by atoms with Crippen LogP contribution in [0.25, 0.3) is 10.9 Å². The van der Waals surface area contributed by atoms with Gasteiger partial charge in [0.05, 0.1) is 27.8 Å². The Morgan fingerprint density at radius 1 is 1.41 bits per heavy atom. The standard InChI is InChI=1S/C25H28ClFN2O3S2/c1-32-18-5-6-23-20(12-18)19(22(26)13-28-23)4-2-3-16-7-8-29(14-21(16)25(30)31)9-10-33-24-11-17(27)15-34-24/h5-6,11-13,15-16,21H,2-4,7-10,14H2,1H3,(H,30,31). The van der Waals surface area contributed by atoms with Gasteiger partial charge in [0.1, 0.15) is 11.6 Å². The lowest BCUT2D eigenvalue weighted by atomic mass is 9.81. The van der Waals surface area contributed by atoms with Gasteiger partial charge in [-0.3, -0.25) is 9.78 Å². The number of methoxy groups -OCH3 is 1. The van der Waals surface area contributed by atoms with Gasteiger partial charge in [-0.05, 0) is 68.0 Å². The summed E-state index contributed by atoms with van der Waals surface area (Å²) in [5.74, 6) is 0.447. The van der Waals surface area contributed by atoms with Crippen LogP contribution >= 0.6 is 34.7 Å². The molecule has 0 spiro atoms. The number of benzene rings is 1. The van der Waals surface area contributed by atoms with E-state index < -0.39 is 5.97 Å². The van der Waals surface area contributed by atoms with Gasteiger partial charge < -0.3 is 14.7 Å². The van der Waals surface area contributed by atoms with Crippen molar-refractivity contribution in [3.8, 4) is 5.75 Å². The fourth-order valence-corrected chi connectivity index (χ4v) is 6.80. The number of thiophene rings is 1. The Hall–Kier alpha value is -1.87. The number of piperidine rings is 1. The molecule has 0 aliphatic carbocycles. The molecular formula is C25H28ClFN2O3S2. The van der Waals surface area contributed by atoms with E-state index in [4.69, 9.17) is 16.3 Å². The zero-order chi connectivity index (χ0) is 24.1. The molecule has 9 heteroatoms. The number of fused-ring (bicyclic) bond motifs is 1. The molecule has 3 aromatic rings. The predicted octanol–water partition coefficient (Wildman–Crippen LogP) is 6.24. The number of pyridine rings is 1. The van der Waals surface area contributed by atoms with Crippen molar-refractivity contribution in [2.45, 2.75) is 29.9 Å². The van der Waals surface area contributed by atoms with Crippen LogP contribution in [-0.4, -0.2) is 53.5 Å². The Morgan fingerprint density at radius 2 is 2.26 bits per heavy atom. The highest BCUT2D eigenvalue weighted by molar-refractivity contribution is 8.01. The fourth-order valence-electron chi connectivity index (χ4n) is 4.67. The number of halogens is 2. The lowest BCUT2D eigenvalue weighted by molar-refractivity contribution is -0.146. The highest BCUT2D eigenvalue weighted by atomic mass is 35.5. The first kappa shape index (κ1) is 25.2. The molecule has 1 fully saturated rings. The number of hydrogen-bond donors (Lipinski definition) is 1. The van der Waals surface area contributed by atoms with Gasteiger partial charge in [0.25, 0.3) is 0 Å². The molecule has 0 saturated carbocycles. The maximum absolute atomic E-state index is 13.1. The van der Waals surface area contributed by atoms with Crippen molar-refractivity contribution in [3.05, 3.63) is 52.2 Å². The first-order valence-corrected chi connectivity index (χ1v) is 13.6.